The summed E-state index contributed by atoms with van der Waals surface area (Å²) in [5, 5.41) is 3.16. The van der Waals surface area contributed by atoms with Crippen LogP contribution in [0.15, 0.2) is 53.5 Å². The summed E-state index contributed by atoms with van der Waals surface area (Å²) in [6.07, 6.45) is 1.95. The van der Waals surface area contributed by atoms with Gasteiger partial charge >= 0.3 is 0 Å². The Kier molecular flexibility index (Phi) is 7.29. The normalized spacial score (nSPS) is 11.4. The van der Waals surface area contributed by atoms with Gasteiger partial charge in [-0.3, -0.25) is 4.99 Å². The number of nitrogens with two attached hydrogens (primary N) is 1. The molecule has 0 heterocycles. The van der Waals surface area contributed by atoms with E-state index < -0.39 is 0 Å². The first-order valence-corrected chi connectivity index (χ1v) is 8.50. The van der Waals surface area contributed by atoms with Crippen LogP contribution in [0, 0.1) is 0 Å². The molecule has 3 N–H and O–H groups in total. The molecule has 0 atom stereocenters. The van der Waals surface area contributed by atoms with Crippen molar-refractivity contribution in [2.75, 3.05) is 38.0 Å². The highest BCUT2D eigenvalue weighted by molar-refractivity contribution is 5.92. The predicted molar refractivity (Wildman–Crippen MR) is 106 cm³/mol. The second-order valence-electron chi connectivity index (χ2n) is 6.15. The van der Waals surface area contributed by atoms with Crippen LogP contribution >= 0.6 is 0 Å². The van der Waals surface area contributed by atoms with Crippen molar-refractivity contribution in [1.29, 1.82) is 0 Å². The van der Waals surface area contributed by atoms with E-state index in [0.717, 1.165) is 24.1 Å². The van der Waals surface area contributed by atoms with Crippen molar-refractivity contribution in [2.45, 2.75) is 19.4 Å². The molecule has 0 unspecified atom stereocenters. The van der Waals surface area contributed by atoms with Crippen LogP contribution in [0.4, 0.5) is 11.4 Å². The summed E-state index contributed by atoms with van der Waals surface area (Å²) in [6.45, 7) is 1.24. The zero-order valence-electron chi connectivity index (χ0n) is 15.3. The molecule has 0 bridgehead atoms. The number of anilines is 2. The van der Waals surface area contributed by atoms with Crippen molar-refractivity contribution < 1.29 is 4.74 Å². The summed E-state index contributed by atoms with van der Waals surface area (Å²) in [6, 6.07) is 16.5. The van der Waals surface area contributed by atoms with Gasteiger partial charge in [0.25, 0.3) is 0 Å². The number of aryl methyl sites for hydroxylation is 1. The minimum absolute atomic E-state index is 0.437. The van der Waals surface area contributed by atoms with Gasteiger partial charge in [-0.25, -0.2) is 0 Å². The molecular formula is C20H28N4O. The molecule has 25 heavy (non-hydrogen) atoms. The van der Waals surface area contributed by atoms with Gasteiger partial charge in [-0.1, -0.05) is 30.3 Å². The lowest BCUT2D eigenvalue weighted by atomic mass is 10.1. The SMILES string of the molecule is COCc1ccccc1NC(N)=NCCCc1ccc(N(C)C)cc1. The predicted octanol–water partition coefficient (Wildman–Crippen LogP) is 3.26. The van der Waals surface area contributed by atoms with Crippen molar-refractivity contribution in [3.63, 3.8) is 0 Å². The molecule has 0 saturated carbocycles. The summed E-state index contributed by atoms with van der Waals surface area (Å²) >= 11 is 0. The van der Waals surface area contributed by atoms with Crippen molar-refractivity contribution in [3.8, 4) is 0 Å². The van der Waals surface area contributed by atoms with Crippen LogP contribution in [-0.4, -0.2) is 33.7 Å². The highest BCUT2D eigenvalue weighted by Gasteiger charge is 2.02. The number of para-hydroxylation sites is 1. The fourth-order valence-corrected chi connectivity index (χ4v) is 2.54. The molecule has 0 aliphatic carbocycles. The zero-order valence-corrected chi connectivity index (χ0v) is 15.3. The summed E-state index contributed by atoms with van der Waals surface area (Å²) in [4.78, 5) is 6.51. The maximum Gasteiger partial charge on any atom is 0.193 e. The molecule has 2 aromatic rings. The maximum absolute atomic E-state index is 6.00. The average Bonchev–Trinajstić information content (AvgIpc) is 2.61. The van der Waals surface area contributed by atoms with E-state index in [0.29, 0.717) is 19.1 Å². The Balaban J connectivity index is 1.81. The molecule has 0 aliphatic rings. The third-order valence-electron chi connectivity index (χ3n) is 3.94. The van der Waals surface area contributed by atoms with E-state index in [-0.39, 0.29) is 0 Å². The summed E-state index contributed by atoms with van der Waals surface area (Å²) < 4.78 is 5.20. The number of ether oxygens (including phenoxy) is 1. The number of nitrogens with one attached hydrogen (secondary N) is 1. The Hall–Kier alpha value is -2.53. The lowest BCUT2D eigenvalue weighted by Gasteiger charge is -2.12. The second-order valence-corrected chi connectivity index (χ2v) is 6.15. The number of nitrogens with zero attached hydrogens (tertiary/aromatic N) is 2. The van der Waals surface area contributed by atoms with Crippen molar-refractivity contribution in [1.82, 2.24) is 0 Å². The first-order chi connectivity index (χ1) is 12.1. The number of hydrogen-bond acceptors (Lipinski definition) is 3. The topological polar surface area (TPSA) is 62.9 Å². The average molecular weight is 340 g/mol. The first-order valence-electron chi connectivity index (χ1n) is 8.50. The Bertz CT molecular complexity index is 680. The number of guanidine groups is 1. The summed E-state index contributed by atoms with van der Waals surface area (Å²) in [7, 11) is 5.77. The van der Waals surface area contributed by atoms with Gasteiger partial charge in [-0.15, -0.1) is 0 Å². The molecule has 0 fully saturated rings. The molecule has 0 spiro atoms. The quantitative estimate of drug-likeness (QED) is 0.440. The molecule has 0 amide bonds. The van der Waals surface area contributed by atoms with Gasteiger partial charge in [0.05, 0.1) is 6.61 Å². The molecule has 5 nitrogen and oxygen atoms in total. The number of benzene rings is 2. The van der Waals surface area contributed by atoms with Crippen LogP contribution in [-0.2, 0) is 17.8 Å². The van der Waals surface area contributed by atoms with Crippen LogP contribution in [0.1, 0.15) is 17.5 Å². The fraction of sp³-hybridized carbons (Fsp3) is 0.350. The number of aliphatic imine (C=N–C) groups is 1. The minimum Gasteiger partial charge on any atom is -0.380 e. The molecule has 0 aromatic heterocycles. The second kappa shape index (κ2) is 9.69. The Labute approximate surface area is 150 Å². The Morgan fingerprint density at radius 3 is 2.52 bits per heavy atom. The monoisotopic (exact) mass is 340 g/mol. The third kappa shape index (κ3) is 6.12. The van der Waals surface area contributed by atoms with Gasteiger partial charge in [0.2, 0.25) is 0 Å². The van der Waals surface area contributed by atoms with Crippen molar-refractivity contribution in [3.05, 3.63) is 59.7 Å². The molecule has 2 aromatic carbocycles. The van der Waals surface area contributed by atoms with E-state index >= 15 is 0 Å². The van der Waals surface area contributed by atoms with Crippen molar-refractivity contribution in [2.24, 2.45) is 10.7 Å². The van der Waals surface area contributed by atoms with E-state index in [9.17, 15) is 0 Å². The Morgan fingerprint density at radius 1 is 1.12 bits per heavy atom. The van der Waals surface area contributed by atoms with Crippen LogP contribution in [0.3, 0.4) is 0 Å². The van der Waals surface area contributed by atoms with Gasteiger partial charge in [-0.2, -0.15) is 0 Å². The third-order valence-corrected chi connectivity index (χ3v) is 3.94. The first kappa shape index (κ1) is 18.8. The van der Waals surface area contributed by atoms with E-state index in [1.165, 1.54) is 11.3 Å². The molecule has 2 rings (SSSR count). The van der Waals surface area contributed by atoms with Crippen LogP contribution < -0.4 is 16.0 Å². The van der Waals surface area contributed by atoms with E-state index in [2.05, 4.69) is 39.5 Å². The molecular weight excluding hydrogens is 312 g/mol. The number of rotatable bonds is 8. The van der Waals surface area contributed by atoms with Gasteiger partial charge in [0.1, 0.15) is 0 Å². The lowest BCUT2D eigenvalue weighted by Crippen LogP contribution is -2.23. The van der Waals surface area contributed by atoms with Gasteiger partial charge in [0, 0.05) is 44.7 Å². The Morgan fingerprint density at radius 2 is 1.84 bits per heavy atom. The standard InChI is InChI=1S/C20H28N4O/c1-24(2)18-12-10-16(11-13-18)7-6-14-22-20(21)23-19-9-5-4-8-17(19)15-25-3/h4-5,8-13H,6-7,14-15H2,1-3H3,(H3,21,22,23). The minimum atomic E-state index is 0.437. The summed E-state index contributed by atoms with van der Waals surface area (Å²) in [5.74, 6) is 0.437. The number of hydrogen-bond donors (Lipinski definition) is 2. The van der Waals surface area contributed by atoms with E-state index in [1.807, 2.05) is 38.4 Å². The summed E-state index contributed by atoms with van der Waals surface area (Å²) in [5.41, 5.74) is 10.5. The smallest absolute Gasteiger partial charge is 0.193 e. The molecule has 0 radical (unpaired) electrons. The molecule has 0 saturated heterocycles. The largest absolute Gasteiger partial charge is 0.380 e. The van der Waals surface area contributed by atoms with E-state index in [1.54, 1.807) is 7.11 Å². The molecule has 5 heteroatoms. The fourth-order valence-electron chi connectivity index (χ4n) is 2.54. The maximum atomic E-state index is 6.00. The van der Waals surface area contributed by atoms with Crippen LogP contribution in [0.2, 0.25) is 0 Å². The van der Waals surface area contributed by atoms with Gasteiger partial charge < -0.3 is 20.7 Å². The van der Waals surface area contributed by atoms with Gasteiger partial charge in [0.15, 0.2) is 5.96 Å². The zero-order chi connectivity index (χ0) is 18.1. The molecule has 0 aliphatic heterocycles. The van der Waals surface area contributed by atoms with Gasteiger partial charge in [-0.05, 0) is 36.6 Å². The lowest BCUT2D eigenvalue weighted by molar-refractivity contribution is 0.185. The van der Waals surface area contributed by atoms with E-state index in [4.69, 9.17) is 10.5 Å². The van der Waals surface area contributed by atoms with Crippen LogP contribution in [0.5, 0.6) is 0 Å². The highest BCUT2D eigenvalue weighted by atomic mass is 16.5. The van der Waals surface area contributed by atoms with Crippen molar-refractivity contribution >= 4 is 17.3 Å². The molecule has 134 valence electrons. The van der Waals surface area contributed by atoms with Crippen LogP contribution in [0.25, 0.3) is 0 Å². The highest BCUT2D eigenvalue weighted by Crippen LogP contribution is 2.16. The number of methoxy groups -OCH3 is 1.